The van der Waals surface area contributed by atoms with Gasteiger partial charge in [0.05, 0.1) is 17.8 Å². The number of aromatic hydroxyl groups is 1. The Hall–Kier alpha value is -2.86. The van der Waals surface area contributed by atoms with Gasteiger partial charge in [-0.2, -0.15) is 5.10 Å². The van der Waals surface area contributed by atoms with E-state index in [1.165, 1.54) is 12.3 Å². The molecule has 2 N–H and O–H groups in total. The van der Waals surface area contributed by atoms with Crippen molar-refractivity contribution >= 4 is 23.3 Å². The maximum Gasteiger partial charge on any atom is 0.230 e. The van der Waals surface area contributed by atoms with Gasteiger partial charge in [-0.15, -0.1) is 0 Å². The Kier molecular flexibility index (Phi) is 4.72. The molecule has 3 rings (SSSR count). The van der Waals surface area contributed by atoms with Crippen LogP contribution in [0.15, 0.2) is 42.6 Å². The number of pyridine rings is 1. The smallest absolute Gasteiger partial charge is 0.230 e. The topological polar surface area (TPSA) is 80.0 Å². The van der Waals surface area contributed by atoms with Crippen LogP contribution in [-0.4, -0.2) is 25.8 Å². The van der Waals surface area contributed by atoms with Crippen molar-refractivity contribution in [2.45, 2.75) is 20.3 Å². The summed E-state index contributed by atoms with van der Waals surface area (Å²) in [7, 11) is 0. The normalized spacial score (nSPS) is 10.7. The molecule has 0 fully saturated rings. The summed E-state index contributed by atoms with van der Waals surface area (Å²) in [5.74, 6) is -0.190. The molecule has 6 nitrogen and oxygen atoms in total. The van der Waals surface area contributed by atoms with Crippen LogP contribution >= 0.6 is 11.6 Å². The van der Waals surface area contributed by atoms with E-state index in [4.69, 9.17) is 11.6 Å². The number of amides is 1. The molecule has 0 aliphatic rings. The Bertz CT molecular complexity index is 919. The van der Waals surface area contributed by atoms with Gasteiger partial charge < -0.3 is 10.4 Å². The first kappa shape index (κ1) is 17.0. The molecular formula is C18H17ClN4O2. The number of carbonyl (C=O) groups is 1. The van der Waals surface area contributed by atoms with Crippen LogP contribution in [0.5, 0.6) is 5.75 Å². The average Bonchev–Trinajstić information content (AvgIpc) is 2.86. The monoisotopic (exact) mass is 356 g/mol. The molecule has 0 bridgehead atoms. The van der Waals surface area contributed by atoms with Gasteiger partial charge in [0, 0.05) is 22.5 Å². The first-order valence-electron chi connectivity index (χ1n) is 7.70. The summed E-state index contributed by atoms with van der Waals surface area (Å²) >= 11 is 5.93. The fourth-order valence-electron chi connectivity index (χ4n) is 2.59. The van der Waals surface area contributed by atoms with Crippen LogP contribution in [0, 0.1) is 13.8 Å². The van der Waals surface area contributed by atoms with Crippen molar-refractivity contribution < 1.29 is 9.90 Å². The minimum Gasteiger partial charge on any atom is -0.504 e. The van der Waals surface area contributed by atoms with Crippen molar-refractivity contribution in [1.29, 1.82) is 0 Å². The summed E-state index contributed by atoms with van der Waals surface area (Å²) in [6.07, 6.45) is 1.64. The molecule has 2 heterocycles. The summed E-state index contributed by atoms with van der Waals surface area (Å²) in [6.45, 7) is 3.77. The zero-order valence-electron chi connectivity index (χ0n) is 13.8. The number of rotatable bonds is 4. The van der Waals surface area contributed by atoms with Crippen LogP contribution < -0.4 is 5.32 Å². The van der Waals surface area contributed by atoms with Crippen molar-refractivity contribution in [1.82, 2.24) is 14.8 Å². The number of halogens is 1. The number of carbonyl (C=O) groups excluding carboxylic acids is 1. The van der Waals surface area contributed by atoms with Crippen LogP contribution in [0.1, 0.15) is 17.0 Å². The highest BCUT2D eigenvalue weighted by atomic mass is 35.5. The quantitative estimate of drug-likeness (QED) is 0.750. The fraction of sp³-hybridized carbons (Fsp3) is 0.167. The third-order valence-electron chi connectivity index (χ3n) is 3.89. The van der Waals surface area contributed by atoms with Gasteiger partial charge in [-0.1, -0.05) is 11.6 Å². The zero-order chi connectivity index (χ0) is 18.0. The lowest BCUT2D eigenvalue weighted by molar-refractivity contribution is -0.115. The number of nitrogens with zero attached hydrogens (tertiary/aromatic N) is 3. The largest absolute Gasteiger partial charge is 0.504 e. The van der Waals surface area contributed by atoms with Gasteiger partial charge in [-0.05, 0) is 50.2 Å². The predicted molar refractivity (Wildman–Crippen MR) is 96.3 cm³/mol. The van der Waals surface area contributed by atoms with E-state index in [9.17, 15) is 9.90 Å². The lowest BCUT2D eigenvalue weighted by Crippen LogP contribution is -2.16. The van der Waals surface area contributed by atoms with E-state index < -0.39 is 0 Å². The number of hydrogen-bond acceptors (Lipinski definition) is 4. The number of aromatic nitrogens is 3. The number of aryl methyl sites for hydroxylation is 1. The first-order chi connectivity index (χ1) is 12.0. The Morgan fingerprint density at radius 1 is 1.24 bits per heavy atom. The van der Waals surface area contributed by atoms with Crippen molar-refractivity contribution in [3.8, 4) is 11.4 Å². The maximum absolute atomic E-state index is 12.3. The molecule has 25 heavy (non-hydrogen) atoms. The Labute approximate surface area is 150 Å². The van der Waals surface area contributed by atoms with E-state index in [1.807, 2.05) is 26.0 Å². The van der Waals surface area contributed by atoms with Crippen molar-refractivity contribution in [2.24, 2.45) is 0 Å². The second kappa shape index (κ2) is 6.94. The van der Waals surface area contributed by atoms with Crippen molar-refractivity contribution in [3.63, 3.8) is 0 Å². The maximum atomic E-state index is 12.3. The van der Waals surface area contributed by atoms with E-state index in [0.29, 0.717) is 5.02 Å². The molecule has 0 spiro atoms. The lowest BCUT2D eigenvalue weighted by Gasteiger charge is -2.07. The molecular weight excluding hydrogens is 340 g/mol. The van der Waals surface area contributed by atoms with E-state index in [-0.39, 0.29) is 23.9 Å². The summed E-state index contributed by atoms with van der Waals surface area (Å²) in [4.78, 5) is 16.3. The molecule has 128 valence electrons. The molecule has 0 saturated carbocycles. The highest BCUT2D eigenvalue weighted by Crippen LogP contribution is 2.22. The van der Waals surface area contributed by atoms with Gasteiger partial charge in [-0.25, -0.2) is 9.67 Å². The van der Waals surface area contributed by atoms with Gasteiger partial charge in [0.1, 0.15) is 0 Å². The van der Waals surface area contributed by atoms with Crippen LogP contribution in [-0.2, 0) is 11.2 Å². The zero-order valence-corrected chi connectivity index (χ0v) is 14.6. The predicted octanol–water partition coefficient (Wildman–Crippen LogP) is 3.42. The van der Waals surface area contributed by atoms with Crippen molar-refractivity contribution in [2.75, 3.05) is 5.32 Å². The molecule has 0 aliphatic heterocycles. The number of benzene rings is 1. The highest BCUT2D eigenvalue weighted by molar-refractivity contribution is 6.30. The van der Waals surface area contributed by atoms with E-state index in [1.54, 1.807) is 22.9 Å². The summed E-state index contributed by atoms with van der Waals surface area (Å²) in [6, 6.07) is 10.4. The van der Waals surface area contributed by atoms with E-state index in [2.05, 4.69) is 15.4 Å². The second-order valence-corrected chi connectivity index (χ2v) is 6.07. The van der Waals surface area contributed by atoms with Gasteiger partial charge in [-0.3, -0.25) is 4.79 Å². The van der Waals surface area contributed by atoms with Gasteiger partial charge in [0.15, 0.2) is 11.6 Å². The van der Waals surface area contributed by atoms with E-state index >= 15 is 0 Å². The highest BCUT2D eigenvalue weighted by Gasteiger charge is 2.17. The summed E-state index contributed by atoms with van der Waals surface area (Å²) in [5.41, 5.74) is 3.36. The third kappa shape index (κ3) is 3.64. The van der Waals surface area contributed by atoms with Gasteiger partial charge >= 0.3 is 0 Å². The lowest BCUT2D eigenvalue weighted by atomic mass is 10.1. The SMILES string of the molecule is Cc1nn(-c2ccc(Cl)cc2)c(C)c1CC(=O)Nc1ncccc1O. The first-order valence-corrected chi connectivity index (χ1v) is 8.08. The number of nitrogens with one attached hydrogen (secondary N) is 1. The second-order valence-electron chi connectivity index (χ2n) is 5.63. The molecule has 7 heteroatoms. The minimum absolute atomic E-state index is 0.0684. The molecule has 1 amide bonds. The Balaban J connectivity index is 1.82. The van der Waals surface area contributed by atoms with Gasteiger partial charge in [0.25, 0.3) is 0 Å². The third-order valence-corrected chi connectivity index (χ3v) is 4.15. The average molecular weight is 357 g/mol. The summed E-state index contributed by atoms with van der Waals surface area (Å²) in [5, 5.41) is 17.5. The van der Waals surface area contributed by atoms with Crippen LogP contribution in [0.25, 0.3) is 5.69 Å². The fourth-order valence-corrected chi connectivity index (χ4v) is 2.72. The Morgan fingerprint density at radius 2 is 1.96 bits per heavy atom. The molecule has 0 saturated heterocycles. The van der Waals surface area contributed by atoms with E-state index in [0.717, 1.165) is 22.6 Å². The summed E-state index contributed by atoms with van der Waals surface area (Å²) < 4.78 is 1.78. The molecule has 0 aliphatic carbocycles. The standard InChI is InChI=1S/C18H17ClN4O2/c1-11-15(10-17(25)21-18-16(24)4-3-9-20-18)12(2)23(22-11)14-7-5-13(19)6-8-14/h3-9,24H,10H2,1-2H3,(H,20,21,25). The molecule has 2 aromatic heterocycles. The Morgan fingerprint density at radius 3 is 2.64 bits per heavy atom. The number of hydrogen-bond donors (Lipinski definition) is 2. The molecule has 0 atom stereocenters. The molecule has 3 aromatic rings. The minimum atomic E-state index is -0.268. The van der Waals surface area contributed by atoms with Crippen LogP contribution in [0.2, 0.25) is 5.02 Å². The molecule has 1 aromatic carbocycles. The van der Waals surface area contributed by atoms with Crippen LogP contribution in [0.3, 0.4) is 0 Å². The molecule has 0 radical (unpaired) electrons. The molecule has 0 unspecified atom stereocenters. The number of anilines is 1. The van der Waals surface area contributed by atoms with Crippen LogP contribution in [0.4, 0.5) is 5.82 Å². The van der Waals surface area contributed by atoms with Gasteiger partial charge in [0.2, 0.25) is 5.91 Å². The van der Waals surface area contributed by atoms with Crippen molar-refractivity contribution in [3.05, 3.63) is 64.6 Å².